The van der Waals surface area contributed by atoms with Gasteiger partial charge in [0, 0.05) is 6.54 Å². The van der Waals surface area contributed by atoms with Crippen molar-refractivity contribution in [1.29, 1.82) is 0 Å². The van der Waals surface area contributed by atoms with Gasteiger partial charge >= 0.3 is 0 Å². The minimum atomic E-state index is -3.54. The average Bonchev–Trinajstić information content (AvgIpc) is 2.01. The van der Waals surface area contributed by atoms with Gasteiger partial charge in [-0.2, -0.15) is 8.42 Å². The van der Waals surface area contributed by atoms with E-state index in [1.165, 1.54) is 0 Å². The molecule has 1 unspecified atom stereocenters. The first-order chi connectivity index (χ1) is 5.99. The van der Waals surface area contributed by atoms with Crippen LogP contribution in [0.3, 0.4) is 0 Å². The van der Waals surface area contributed by atoms with Crippen LogP contribution in [0, 0.1) is 0 Å². The fourth-order valence-electron chi connectivity index (χ4n) is 0.750. The molecule has 0 aromatic carbocycles. The van der Waals surface area contributed by atoms with Crippen molar-refractivity contribution < 1.29 is 17.4 Å². The SMILES string of the molecule is CCCNCC(C=O)OS(C)(=O)=O. The number of aldehydes is 1. The van der Waals surface area contributed by atoms with Crippen LogP contribution in [-0.2, 0) is 19.1 Å². The van der Waals surface area contributed by atoms with Gasteiger partial charge in [0.2, 0.25) is 0 Å². The molecule has 0 radical (unpaired) electrons. The van der Waals surface area contributed by atoms with Gasteiger partial charge in [0.25, 0.3) is 10.1 Å². The van der Waals surface area contributed by atoms with Crippen molar-refractivity contribution in [2.24, 2.45) is 0 Å². The molecule has 0 spiro atoms. The molecule has 0 aromatic heterocycles. The van der Waals surface area contributed by atoms with Crippen LogP contribution in [0.4, 0.5) is 0 Å². The molecule has 0 heterocycles. The van der Waals surface area contributed by atoms with Crippen LogP contribution >= 0.6 is 0 Å². The highest BCUT2D eigenvalue weighted by molar-refractivity contribution is 7.86. The second-order valence-corrected chi connectivity index (χ2v) is 4.28. The van der Waals surface area contributed by atoms with Gasteiger partial charge in [-0.05, 0) is 13.0 Å². The second kappa shape index (κ2) is 6.06. The molecule has 6 heteroatoms. The number of hydrogen-bond acceptors (Lipinski definition) is 5. The summed E-state index contributed by atoms with van der Waals surface area (Å²) in [5.41, 5.74) is 0. The number of hydrogen-bond donors (Lipinski definition) is 1. The van der Waals surface area contributed by atoms with E-state index in [-0.39, 0.29) is 6.54 Å². The molecule has 0 rings (SSSR count). The van der Waals surface area contributed by atoms with E-state index in [1.54, 1.807) is 0 Å². The van der Waals surface area contributed by atoms with Gasteiger partial charge in [-0.15, -0.1) is 0 Å². The van der Waals surface area contributed by atoms with Crippen molar-refractivity contribution in [3.8, 4) is 0 Å². The fraction of sp³-hybridized carbons (Fsp3) is 0.857. The van der Waals surface area contributed by atoms with Gasteiger partial charge in [-0.1, -0.05) is 6.92 Å². The van der Waals surface area contributed by atoms with E-state index in [2.05, 4.69) is 9.50 Å². The quantitative estimate of drug-likeness (QED) is 0.348. The maximum Gasteiger partial charge on any atom is 0.265 e. The van der Waals surface area contributed by atoms with Crippen LogP contribution in [0.15, 0.2) is 0 Å². The summed E-state index contributed by atoms with van der Waals surface area (Å²) in [5.74, 6) is 0. The molecule has 0 aliphatic rings. The van der Waals surface area contributed by atoms with Crippen LogP contribution in [0.2, 0.25) is 0 Å². The van der Waals surface area contributed by atoms with E-state index in [1.807, 2.05) is 6.92 Å². The van der Waals surface area contributed by atoms with Crippen LogP contribution in [0.5, 0.6) is 0 Å². The highest BCUT2D eigenvalue weighted by atomic mass is 32.2. The lowest BCUT2D eigenvalue weighted by Crippen LogP contribution is -2.32. The minimum Gasteiger partial charge on any atom is -0.314 e. The molecule has 0 aliphatic carbocycles. The fourth-order valence-corrected chi connectivity index (χ4v) is 1.31. The third-order valence-electron chi connectivity index (χ3n) is 1.22. The summed E-state index contributed by atoms with van der Waals surface area (Å²) in [4.78, 5) is 10.3. The lowest BCUT2D eigenvalue weighted by Gasteiger charge is -2.09. The second-order valence-electron chi connectivity index (χ2n) is 2.68. The Morgan fingerprint density at radius 1 is 1.54 bits per heavy atom. The van der Waals surface area contributed by atoms with E-state index >= 15 is 0 Å². The molecular weight excluding hydrogens is 194 g/mol. The zero-order chi connectivity index (χ0) is 10.3. The van der Waals surface area contributed by atoms with Gasteiger partial charge < -0.3 is 10.1 Å². The summed E-state index contributed by atoms with van der Waals surface area (Å²) in [6.45, 7) is 2.93. The number of nitrogens with one attached hydrogen (secondary N) is 1. The highest BCUT2D eigenvalue weighted by Gasteiger charge is 2.13. The molecule has 78 valence electrons. The van der Waals surface area contributed by atoms with Crippen LogP contribution < -0.4 is 5.32 Å². The summed E-state index contributed by atoms with van der Waals surface area (Å²) in [5, 5.41) is 2.89. The van der Waals surface area contributed by atoms with Crippen molar-refractivity contribution >= 4 is 16.4 Å². The summed E-state index contributed by atoms with van der Waals surface area (Å²) in [6, 6.07) is 0. The smallest absolute Gasteiger partial charge is 0.265 e. The Morgan fingerprint density at radius 2 is 2.15 bits per heavy atom. The zero-order valence-electron chi connectivity index (χ0n) is 7.82. The predicted molar refractivity (Wildman–Crippen MR) is 48.9 cm³/mol. The van der Waals surface area contributed by atoms with Crippen molar-refractivity contribution in [3.05, 3.63) is 0 Å². The summed E-state index contributed by atoms with van der Waals surface area (Å²) in [6.07, 6.45) is 1.40. The molecule has 5 nitrogen and oxygen atoms in total. The van der Waals surface area contributed by atoms with Crippen LogP contribution in [0.25, 0.3) is 0 Å². The number of carbonyl (C=O) groups is 1. The predicted octanol–water partition coefficient (Wildman–Crippen LogP) is -0.470. The van der Waals surface area contributed by atoms with Crippen LogP contribution in [0.1, 0.15) is 13.3 Å². The zero-order valence-corrected chi connectivity index (χ0v) is 8.63. The maximum atomic E-state index is 10.6. The molecule has 13 heavy (non-hydrogen) atoms. The normalized spacial score (nSPS) is 14.0. The van der Waals surface area contributed by atoms with Gasteiger partial charge in [-0.3, -0.25) is 4.18 Å². The third kappa shape index (κ3) is 7.89. The number of rotatable bonds is 7. The minimum absolute atomic E-state index is 0.227. The molecular formula is C7H15NO4S. The van der Waals surface area contributed by atoms with Crippen molar-refractivity contribution in [2.75, 3.05) is 19.3 Å². The summed E-state index contributed by atoms with van der Waals surface area (Å²) in [7, 11) is -3.54. The molecule has 0 saturated carbocycles. The van der Waals surface area contributed by atoms with Crippen molar-refractivity contribution in [2.45, 2.75) is 19.4 Å². The monoisotopic (exact) mass is 209 g/mol. The van der Waals surface area contributed by atoms with Crippen molar-refractivity contribution in [3.63, 3.8) is 0 Å². The van der Waals surface area contributed by atoms with Crippen molar-refractivity contribution in [1.82, 2.24) is 5.32 Å². The Bertz CT molecular complexity index is 237. The molecule has 0 aliphatic heterocycles. The summed E-state index contributed by atoms with van der Waals surface area (Å²) >= 11 is 0. The molecule has 1 N–H and O–H groups in total. The largest absolute Gasteiger partial charge is 0.314 e. The van der Waals surface area contributed by atoms with Gasteiger partial charge in [0.1, 0.15) is 6.10 Å². The molecule has 0 amide bonds. The number of carbonyl (C=O) groups excluding carboxylic acids is 1. The lowest BCUT2D eigenvalue weighted by atomic mass is 10.4. The molecule has 1 atom stereocenters. The van der Waals surface area contributed by atoms with E-state index < -0.39 is 16.2 Å². The Hall–Kier alpha value is -0.460. The molecule has 0 fully saturated rings. The highest BCUT2D eigenvalue weighted by Crippen LogP contribution is 1.93. The molecule has 0 bridgehead atoms. The standard InChI is InChI=1S/C7H15NO4S/c1-3-4-8-5-7(6-9)12-13(2,10)11/h6-8H,3-5H2,1-2H3. The van der Waals surface area contributed by atoms with E-state index in [9.17, 15) is 13.2 Å². The third-order valence-corrected chi connectivity index (χ3v) is 1.82. The van der Waals surface area contributed by atoms with Crippen LogP contribution in [-0.4, -0.2) is 40.2 Å². The van der Waals surface area contributed by atoms with E-state index in [0.717, 1.165) is 19.2 Å². The first-order valence-electron chi connectivity index (χ1n) is 4.04. The first kappa shape index (κ1) is 12.5. The van der Waals surface area contributed by atoms with Gasteiger partial charge in [-0.25, -0.2) is 0 Å². The first-order valence-corrected chi connectivity index (χ1v) is 5.85. The van der Waals surface area contributed by atoms with E-state index in [4.69, 9.17) is 0 Å². The van der Waals surface area contributed by atoms with Gasteiger partial charge in [0.05, 0.1) is 6.26 Å². The Labute approximate surface area is 78.6 Å². The topological polar surface area (TPSA) is 72.5 Å². The summed E-state index contributed by atoms with van der Waals surface area (Å²) < 4.78 is 25.7. The lowest BCUT2D eigenvalue weighted by molar-refractivity contribution is -0.113. The molecule has 0 aromatic rings. The van der Waals surface area contributed by atoms with Gasteiger partial charge in [0.15, 0.2) is 6.29 Å². The molecule has 0 saturated heterocycles. The average molecular weight is 209 g/mol. The maximum absolute atomic E-state index is 10.6. The Balaban J connectivity index is 3.84. The Kier molecular flexibility index (Phi) is 5.85. The Morgan fingerprint density at radius 3 is 2.54 bits per heavy atom. The van der Waals surface area contributed by atoms with E-state index in [0.29, 0.717) is 6.29 Å².